The van der Waals surface area contributed by atoms with Crippen molar-refractivity contribution < 1.29 is 4.74 Å². The largest absolute Gasteiger partial charge is 0.484 e. The van der Waals surface area contributed by atoms with E-state index in [1.807, 2.05) is 43.3 Å². The predicted octanol–water partition coefficient (Wildman–Crippen LogP) is 2.49. The Morgan fingerprint density at radius 1 is 1.24 bits per heavy atom. The van der Waals surface area contributed by atoms with E-state index in [-0.39, 0.29) is 6.10 Å². The summed E-state index contributed by atoms with van der Waals surface area (Å²) in [4.78, 5) is 7.92. The molecule has 0 aliphatic carbocycles. The predicted molar refractivity (Wildman–Crippen MR) is 62.2 cm³/mol. The number of benzene rings is 1. The molecule has 0 unspecified atom stereocenters. The highest BCUT2D eigenvalue weighted by molar-refractivity contribution is 5.24. The van der Waals surface area contributed by atoms with Crippen LogP contribution in [-0.4, -0.2) is 9.97 Å². The molecule has 0 spiro atoms. The van der Waals surface area contributed by atoms with Crippen LogP contribution < -0.4 is 4.74 Å². The van der Waals surface area contributed by atoms with E-state index in [2.05, 4.69) is 9.97 Å². The molecule has 2 rings (SSSR count). The zero-order valence-corrected chi connectivity index (χ0v) is 9.37. The summed E-state index contributed by atoms with van der Waals surface area (Å²) in [6.45, 7) is 1.89. The summed E-state index contributed by atoms with van der Waals surface area (Å²) in [5, 5.41) is 8.75. The quantitative estimate of drug-likeness (QED) is 0.805. The van der Waals surface area contributed by atoms with Crippen LogP contribution in [0.4, 0.5) is 0 Å². The molecule has 0 radical (unpaired) electrons. The van der Waals surface area contributed by atoms with Gasteiger partial charge in [-0.2, -0.15) is 5.26 Å². The molecule has 0 N–H and O–H groups in total. The van der Waals surface area contributed by atoms with Gasteiger partial charge in [0.1, 0.15) is 29.9 Å². The Bertz CT molecular complexity index is 534. The van der Waals surface area contributed by atoms with E-state index in [0.717, 1.165) is 5.75 Å². The van der Waals surface area contributed by atoms with Gasteiger partial charge >= 0.3 is 0 Å². The topological polar surface area (TPSA) is 58.8 Å². The Morgan fingerprint density at radius 2 is 2.00 bits per heavy atom. The van der Waals surface area contributed by atoms with Gasteiger partial charge in [-0.1, -0.05) is 18.2 Å². The van der Waals surface area contributed by atoms with Crippen LogP contribution in [0, 0.1) is 11.3 Å². The van der Waals surface area contributed by atoms with Gasteiger partial charge in [-0.15, -0.1) is 0 Å². The fourth-order valence-electron chi connectivity index (χ4n) is 1.42. The number of rotatable bonds is 3. The first kappa shape index (κ1) is 11.1. The van der Waals surface area contributed by atoms with Gasteiger partial charge in [-0.05, 0) is 25.1 Å². The van der Waals surface area contributed by atoms with E-state index < -0.39 is 0 Å². The number of para-hydroxylation sites is 1. The van der Waals surface area contributed by atoms with Crippen molar-refractivity contribution in [3.63, 3.8) is 0 Å². The molecule has 1 aromatic carbocycles. The molecule has 0 saturated carbocycles. The number of nitrogens with zero attached hydrogens (tertiary/aromatic N) is 3. The van der Waals surface area contributed by atoms with Gasteiger partial charge < -0.3 is 4.74 Å². The summed E-state index contributed by atoms with van der Waals surface area (Å²) in [5.41, 5.74) is 1.04. The van der Waals surface area contributed by atoms with Gasteiger partial charge in [-0.25, -0.2) is 9.97 Å². The highest BCUT2D eigenvalue weighted by atomic mass is 16.5. The van der Waals surface area contributed by atoms with Crippen molar-refractivity contribution in [1.82, 2.24) is 9.97 Å². The van der Waals surface area contributed by atoms with Crippen molar-refractivity contribution in [2.24, 2.45) is 0 Å². The van der Waals surface area contributed by atoms with E-state index >= 15 is 0 Å². The zero-order chi connectivity index (χ0) is 12.1. The highest BCUT2D eigenvalue weighted by Crippen LogP contribution is 2.19. The lowest BCUT2D eigenvalue weighted by Crippen LogP contribution is -2.06. The minimum atomic E-state index is -0.215. The third-order valence-corrected chi connectivity index (χ3v) is 2.28. The molecule has 0 amide bonds. The van der Waals surface area contributed by atoms with Crippen LogP contribution in [0.15, 0.2) is 42.7 Å². The van der Waals surface area contributed by atoms with Crippen LogP contribution in [-0.2, 0) is 0 Å². The summed E-state index contributed by atoms with van der Waals surface area (Å²) in [6, 6.07) is 13.1. The number of aromatic nitrogens is 2. The summed E-state index contributed by atoms with van der Waals surface area (Å²) >= 11 is 0. The molecule has 4 heteroatoms. The van der Waals surface area contributed by atoms with Crippen LogP contribution in [0.5, 0.6) is 5.75 Å². The Morgan fingerprint density at radius 3 is 2.71 bits per heavy atom. The number of nitriles is 1. The molecule has 0 fully saturated rings. The molecule has 84 valence electrons. The van der Waals surface area contributed by atoms with Crippen molar-refractivity contribution in [3.05, 3.63) is 54.1 Å². The van der Waals surface area contributed by atoms with E-state index in [9.17, 15) is 0 Å². The average molecular weight is 225 g/mol. The van der Waals surface area contributed by atoms with Gasteiger partial charge in [0.15, 0.2) is 0 Å². The third-order valence-electron chi connectivity index (χ3n) is 2.28. The maximum atomic E-state index is 8.75. The Balaban J connectivity index is 2.15. The van der Waals surface area contributed by atoms with Gasteiger partial charge in [0.2, 0.25) is 0 Å². The van der Waals surface area contributed by atoms with Crippen LogP contribution in [0.1, 0.15) is 24.4 Å². The third kappa shape index (κ3) is 2.79. The summed E-state index contributed by atoms with van der Waals surface area (Å²) in [5.74, 6) is 0.775. The maximum absolute atomic E-state index is 8.75. The summed E-state index contributed by atoms with van der Waals surface area (Å²) in [7, 11) is 0. The van der Waals surface area contributed by atoms with E-state index in [0.29, 0.717) is 11.4 Å². The van der Waals surface area contributed by atoms with Crippen LogP contribution in [0.3, 0.4) is 0 Å². The first-order chi connectivity index (χ1) is 8.29. The standard InChI is InChI=1S/C13H11N3O/c1-10(17-12-5-3-2-4-6-12)13-7-11(8-14)15-9-16-13/h2-7,9-10H,1H3/t10-/m0/s1. The van der Waals surface area contributed by atoms with Crippen molar-refractivity contribution in [1.29, 1.82) is 5.26 Å². The Kier molecular flexibility index (Phi) is 3.31. The van der Waals surface area contributed by atoms with Gasteiger partial charge in [-0.3, -0.25) is 0 Å². The van der Waals surface area contributed by atoms with Crippen molar-refractivity contribution in [2.45, 2.75) is 13.0 Å². The van der Waals surface area contributed by atoms with E-state index in [4.69, 9.17) is 10.00 Å². The Labute approximate surface area is 99.5 Å². The molecule has 1 aromatic heterocycles. The first-order valence-electron chi connectivity index (χ1n) is 5.23. The molecule has 0 saturated heterocycles. The smallest absolute Gasteiger partial charge is 0.144 e. The summed E-state index contributed by atoms with van der Waals surface area (Å²) in [6.07, 6.45) is 1.16. The highest BCUT2D eigenvalue weighted by Gasteiger charge is 2.09. The monoisotopic (exact) mass is 225 g/mol. The lowest BCUT2D eigenvalue weighted by atomic mass is 10.2. The minimum absolute atomic E-state index is 0.215. The minimum Gasteiger partial charge on any atom is -0.484 e. The number of hydrogen-bond donors (Lipinski definition) is 0. The molecule has 4 nitrogen and oxygen atoms in total. The molecule has 1 atom stereocenters. The fourth-order valence-corrected chi connectivity index (χ4v) is 1.42. The second-order valence-electron chi connectivity index (χ2n) is 3.51. The van der Waals surface area contributed by atoms with Crippen LogP contribution in [0.2, 0.25) is 0 Å². The van der Waals surface area contributed by atoms with Crippen molar-refractivity contribution in [2.75, 3.05) is 0 Å². The number of hydrogen-bond acceptors (Lipinski definition) is 4. The second kappa shape index (κ2) is 5.08. The molecule has 1 heterocycles. The molecule has 2 aromatic rings. The fraction of sp³-hybridized carbons (Fsp3) is 0.154. The van der Waals surface area contributed by atoms with Crippen molar-refractivity contribution >= 4 is 0 Å². The van der Waals surface area contributed by atoms with Crippen molar-refractivity contribution in [3.8, 4) is 11.8 Å². The average Bonchev–Trinajstić information content (AvgIpc) is 2.40. The van der Waals surface area contributed by atoms with Gasteiger partial charge in [0.25, 0.3) is 0 Å². The van der Waals surface area contributed by atoms with Gasteiger partial charge in [0.05, 0.1) is 5.69 Å². The normalized spacial score (nSPS) is 11.5. The maximum Gasteiger partial charge on any atom is 0.144 e. The molecule has 0 bridgehead atoms. The second-order valence-corrected chi connectivity index (χ2v) is 3.51. The van der Waals surface area contributed by atoms with Gasteiger partial charge in [0, 0.05) is 0 Å². The Hall–Kier alpha value is -2.41. The van der Waals surface area contributed by atoms with Crippen LogP contribution >= 0.6 is 0 Å². The number of ether oxygens (including phenoxy) is 1. The van der Waals surface area contributed by atoms with E-state index in [1.165, 1.54) is 6.33 Å². The molecular weight excluding hydrogens is 214 g/mol. The molecular formula is C13H11N3O. The molecule has 0 aliphatic heterocycles. The first-order valence-corrected chi connectivity index (χ1v) is 5.23. The molecule has 17 heavy (non-hydrogen) atoms. The SMILES string of the molecule is C[C@H](Oc1ccccc1)c1cc(C#N)ncn1. The van der Waals surface area contributed by atoms with Crippen LogP contribution in [0.25, 0.3) is 0 Å². The lowest BCUT2D eigenvalue weighted by molar-refractivity contribution is 0.221. The van der Waals surface area contributed by atoms with E-state index in [1.54, 1.807) is 6.07 Å². The lowest BCUT2D eigenvalue weighted by Gasteiger charge is -2.13. The summed E-state index contributed by atoms with van der Waals surface area (Å²) < 4.78 is 5.70. The molecule has 0 aliphatic rings. The zero-order valence-electron chi connectivity index (χ0n) is 9.37.